The van der Waals surface area contributed by atoms with Crippen LogP contribution < -0.4 is 5.32 Å². The maximum absolute atomic E-state index is 12.6. The van der Waals surface area contributed by atoms with Crippen LogP contribution in [0.25, 0.3) is 0 Å². The fraction of sp³-hybridized carbons (Fsp3) is 0.300. The van der Waals surface area contributed by atoms with E-state index in [-0.39, 0.29) is 23.7 Å². The molecule has 0 unspecified atom stereocenters. The van der Waals surface area contributed by atoms with Crippen LogP contribution in [-0.2, 0) is 11.0 Å². The highest BCUT2D eigenvalue weighted by Crippen LogP contribution is 2.36. The van der Waals surface area contributed by atoms with Gasteiger partial charge in [-0.2, -0.15) is 13.2 Å². The number of anilines is 1. The highest BCUT2D eigenvalue weighted by atomic mass is 35.5. The second-order valence-electron chi connectivity index (χ2n) is 3.26. The number of benzene rings is 1. The summed E-state index contributed by atoms with van der Waals surface area (Å²) in [4.78, 5) is 10.2. The molecule has 3 nitrogen and oxygen atoms in total. The third kappa shape index (κ3) is 4.14. The molecule has 94 valence electrons. The van der Waals surface area contributed by atoms with Crippen molar-refractivity contribution < 1.29 is 23.1 Å². The molecule has 0 aromatic heterocycles. The van der Waals surface area contributed by atoms with E-state index in [1.807, 2.05) is 0 Å². The lowest BCUT2D eigenvalue weighted by Crippen LogP contribution is -2.13. The minimum atomic E-state index is -4.53. The molecule has 0 aliphatic rings. The van der Waals surface area contributed by atoms with Crippen LogP contribution in [0, 0.1) is 0 Å². The lowest BCUT2D eigenvalue weighted by Gasteiger charge is -2.14. The van der Waals surface area contributed by atoms with Gasteiger partial charge in [0.2, 0.25) is 0 Å². The monoisotopic (exact) mass is 267 g/mol. The number of hydrogen-bond acceptors (Lipinski definition) is 2. The van der Waals surface area contributed by atoms with Crippen molar-refractivity contribution in [3.63, 3.8) is 0 Å². The molecule has 17 heavy (non-hydrogen) atoms. The van der Waals surface area contributed by atoms with Gasteiger partial charge in [0.05, 0.1) is 12.0 Å². The van der Waals surface area contributed by atoms with Crippen molar-refractivity contribution >= 4 is 23.3 Å². The number of carboxylic acids is 1. The summed E-state index contributed by atoms with van der Waals surface area (Å²) in [6.07, 6.45) is -4.80. The van der Waals surface area contributed by atoms with Crippen LogP contribution in [0.1, 0.15) is 12.0 Å². The zero-order valence-electron chi connectivity index (χ0n) is 8.51. The SMILES string of the molecule is O=C(O)CCNc1ccc(Cl)cc1C(F)(F)F. The molecular formula is C10H9ClF3NO2. The number of halogens is 4. The topological polar surface area (TPSA) is 49.3 Å². The van der Waals surface area contributed by atoms with Crippen LogP contribution >= 0.6 is 11.6 Å². The van der Waals surface area contributed by atoms with E-state index < -0.39 is 17.7 Å². The number of aliphatic carboxylic acids is 1. The second kappa shape index (κ2) is 5.27. The Morgan fingerprint density at radius 3 is 2.59 bits per heavy atom. The van der Waals surface area contributed by atoms with Crippen molar-refractivity contribution in [1.29, 1.82) is 0 Å². The summed E-state index contributed by atoms with van der Waals surface area (Å²) in [6.45, 7) is -0.0833. The van der Waals surface area contributed by atoms with E-state index in [0.29, 0.717) is 0 Å². The maximum atomic E-state index is 12.6. The van der Waals surface area contributed by atoms with Crippen LogP contribution in [0.4, 0.5) is 18.9 Å². The lowest BCUT2D eigenvalue weighted by molar-refractivity contribution is -0.137. The van der Waals surface area contributed by atoms with E-state index in [4.69, 9.17) is 16.7 Å². The van der Waals surface area contributed by atoms with Gasteiger partial charge in [0.25, 0.3) is 0 Å². The average Bonchev–Trinajstić information content (AvgIpc) is 2.18. The summed E-state index contributed by atoms with van der Waals surface area (Å²) in [7, 11) is 0. The van der Waals surface area contributed by atoms with Gasteiger partial charge in [0, 0.05) is 17.3 Å². The van der Waals surface area contributed by atoms with E-state index in [1.165, 1.54) is 12.1 Å². The fourth-order valence-electron chi connectivity index (χ4n) is 1.21. The first-order chi connectivity index (χ1) is 7.80. The van der Waals surface area contributed by atoms with Crippen LogP contribution in [0.15, 0.2) is 18.2 Å². The van der Waals surface area contributed by atoms with Gasteiger partial charge in [-0.1, -0.05) is 11.6 Å². The molecule has 7 heteroatoms. The van der Waals surface area contributed by atoms with Crippen molar-refractivity contribution in [2.24, 2.45) is 0 Å². The summed E-state index contributed by atoms with van der Waals surface area (Å²) in [6, 6.07) is 3.28. The van der Waals surface area contributed by atoms with Gasteiger partial charge in [-0.15, -0.1) is 0 Å². The number of carboxylic acid groups (broad SMARTS) is 1. The first kappa shape index (κ1) is 13.6. The molecule has 0 radical (unpaired) electrons. The van der Waals surface area contributed by atoms with Crippen molar-refractivity contribution in [3.05, 3.63) is 28.8 Å². The predicted molar refractivity (Wildman–Crippen MR) is 57.2 cm³/mol. The third-order valence-corrected chi connectivity index (χ3v) is 2.18. The van der Waals surface area contributed by atoms with E-state index in [0.717, 1.165) is 6.07 Å². The molecular weight excluding hydrogens is 259 g/mol. The van der Waals surface area contributed by atoms with Gasteiger partial charge < -0.3 is 10.4 Å². The molecule has 0 spiro atoms. The van der Waals surface area contributed by atoms with Crippen molar-refractivity contribution in [1.82, 2.24) is 0 Å². The Bertz CT molecular complexity index is 421. The minimum absolute atomic E-state index is 0.0268. The average molecular weight is 268 g/mol. The van der Waals surface area contributed by atoms with Gasteiger partial charge in [0.15, 0.2) is 0 Å². The number of nitrogens with one attached hydrogen (secondary N) is 1. The number of alkyl halides is 3. The number of rotatable bonds is 4. The number of hydrogen-bond donors (Lipinski definition) is 2. The molecule has 1 aromatic carbocycles. The van der Waals surface area contributed by atoms with E-state index in [9.17, 15) is 18.0 Å². The largest absolute Gasteiger partial charge is 0.481 e. The smallest absolute Gasteiger partial charge is 0.418 e. The molecule has 0 saturated heterocycles. The molecule has 0 bridgehead atoms. The van der Waals surface area contributed by atoms with Gasteiger partial charge in [-0.3, -0.25) is 4.79 Å². The minimum Gasteiger partial charge on any atom is -0.481 e. The van der Waals surface area contributed by atoms with E-state index >= 15 is 0 Å². The summed E-state index contributed by atoms with van der Waals surface area (Å²) < 4.78 is 37.8. The molecule has 0 fully saturated rings. The Morgan fingerprint density at radius 2 is 2.06 bits per heavy atom. The molecule has 0 saturated carbocycles. The highest BCUT2D eigenvalue weighted by Gasteiger charge is 2.33. The normalized spacial score (nSPS) is 11.3. The first-order valence-corrected chi connectivity index (χ1v) is 5.01. The predicted octanol–water partition coefficient (Wildman–Crippen LogP) is 3.25. The standard InChI is InChI=1S/C10H9ClF3NO2/c11-6-1-2-8(15-4-3-9(16)17)7(5-6)10(12,13)14/h1-2,5,15H,3-4H2,(H,16,17). The quantitative estimate of drug-likeness (QED) is 0.880. The van der Waals surface area contributed by atoms with Crippen LogP contribution in [0.5, 0.6) is 0 Å². The van der Waals surface area contributed by atoms with Crippen molar-refractivity contribution in [3.8, 4) is 0 Å². The summed E-state index contributed by atoms with van der Waals surface area (Å²) in [5.41, 5.74) is -1.08. The molecule has 1 aromatic rings. The molecule has 0 heterocycles. The van der Waals surface area contributed by atoms with E-state index in [1.54, 1.807) is 0 Å². The van der Waals surface area contributed by atoms with Gasteiger partial charge >= 0.3 is 12.1 Å². The van der Waals surface area contributed by atoms with Crippen molar-refractivity contribution in [2.45, 2.75) is 12.6 Å². The Hall–Kier alpha value is -1.43. The molecule has 1 rings (SSSR count). The molecule has 0 aliphatic carbocycles. The second-order valence-corrected chi connectivity index (χ2v) is 3.69. The summed E-state index contributed by atoms with van der Waals surface area (Å²) in [5, 5.41) is 10.8. The van der Waals surface area contributed by atoms with E-state index in [2.05, 4.69) is 5.32 Å². The Morgan fingerprint density at radius 1 is 1.41 bits per heavy atom. The van der Waals surface area contributed by atoms with Gasteiger partial charge in [-0.25, -0.2) is 0 Å². The Labute approximate surface area is 100 Å². The van der Waals surface area contributed by atoms with Crippen molar-refractivity contribution in [2.75, 3.05) is 11.9 Å². The molecule has 0 amide bonds. The molecule has 0 atom stereocenters. The first-order valence-electron chi connectivity index (χ1n) is 4.63. The third-order valence-electron chi connectivity index (χ3n) is 1.94. The van der Waals surface area contributed by atoms with Gasteiger partial charge in [-0.05, 0) is 18.2 Å². The molecule has 2 N–H and O–H groups in total. The van der Waals surface area contributed by atoms with Crippen LogP contribution in [-0.4, -0.2) is 17.6 Å². The Kier molecular flexibility index (Phi) is 4.22. The zero-order chi connectivity index (χ0) is 13.1. The zero-order valence-corrected chi connectivity index (χ0v) is 9.27. The maximum Gasteiger partial charge on any atom is 0.418 e. The fourth-order valence-corrected chi connectivity index (χ4v) is 1.38. The van der Waals surface area contributed by atoms with Crippen LogP contribution in [0.3, 0.4) is 0 Å². The molecule has 0 aliphatic heterocycles. The summed E-state index contributed by atoms with van der Waals surface area (Å²) in [5.74, 6) is -1.08. The highest BCUT2D eigenvalue weighted by molar-refractivity contribution is 6.30. The lowest BCUT2D eigenvalue weighted by atomic mass is 10.1. The van der Waals surface area contributed by atoms with Crippen LogP contribution in [0.2, 0.25) is 5.02 Å². The number of carbonyl (C=O) groups is 1. The Balaban J connectivity index is 2.87. The van der Waals surface area contributed by atoms with Gasteiger partial charge in [0.1, 0.15) is 0 Å². The summed E-state index contributed by atoms with van der Waals surface area (Å²) >= 11 is 5.49.